The summed E-state index contributed by atoms with van der Waals surface area (Å²) in [6.07, 6.45) is -7.28. The molecular formula is C35H43F2NO8. The summed E-state index contributed by atoms with van der Waals surface area (Å²) in [6.45, 7) is 1.63. The number of halogens is 2. The van der Waals surface area contributed by atoms with Crippen molar-refractivity contribution in [3.05, 3.63) is 108 Å². The molecule has 0 spiro atoms. The fourth-order valence-corrected chi connectivity index (χ4v) is 5.25. The molecule has 0 saturated carbocycles. The van der Waals surface area contributed by atoms with E-state index in [2.05, 4.69) is 0 Å². The van der Waals surface area contributed by atoms with Crippen molar-refractivity contribution >= 4 is 5.97 Å². The fraction of sp³-hybridized carbons (Fsp3) is 0.457. The fourth-order valence-electron chi connectivity index (χ4n) is 5.25. The Bertz CT molecular complexity index is 1290. The molecule has 1 aliphatic heterocycles. The van der Waals surface area contributed by atoms with Crippen LogP contribution in [0, 0.1) is 0 Å². The van der Waals surface area contributed by atoms with E-state index in [0.717, 1.165) is 16.7 Å². The van der Waals surface area contributed by atoms with E-state index >= 15 is 8.78 Å². The van der Waals surface area contributed by atoms with Crippen LogP contribution in [-0.2, 0) is 57.8 Å². The molecule has 1 fully saturated rings. The highest BCUT2D eigenvalue weighted by Crippen LogP contribution is 2.39. The van der Waals surface area contributed by atoms with Gasteiger partial charge in [0, 0.05) is 13.5 Å². The quantitative estimate of drug-likeness (QED) is 0.151. The number of ether oxygens (including phenoxy) is 7. The maximum atomic E-state index is 16.2. The van der Waals surface area contributed by atoms with Gasteiger partial charge < -0.3 is 38.9 Å². The number of carbonyl (C=O) groups excluding carboxylic acids is 1. The Balaban J connectivity index is 1.67. The smallest absolute Gasteiger partial charge is 0.323 e. The molecule has 1 aliphatic rings. The summed E-state index contributed by atoms with van der Waals surface area (Å²) in [5.74, 6) is -4.59. The van der Waals surface area contributed by atoms with Crippen LogP contribution >= 0.6 is 0 Å². The van der Waals surface area contributed by atoms with Gasteiger partial charge in [-0.2, -0.15) is 0 Å². The van der Waals surface area contributed by atoms with Crippen molar-refractivity contribution in [1.29, 1.82) is 0 Å². The lowest BCUT2D eigenvalue weighted by Gasteiger charge is -2.48. The second-order valence-electron chi connectivity index (χ2n) is 11.0. The minimum atomic E-state index is -3.65. The number of hydrogen-bond acceptors (Lipinski definition) is 9. The normalized spacial score (nSPS) is 22.3. The topological polar surface area (TPSA) is 108 Å². The predicted molar refractivity (Wildman–Crippen MR) is 166 cm³/mol. The van der Waals surface area contributed by atoms with E-state index in [0.29, 0.717) is 0 Å². The van der Waals surface area contributed by atoms with Gasteiger partial charge in [-0.25, -0.2) is 8.78 Å². The first-order chi connectivity index (χ1) is 22.3. The molecule has 250 valence electrons. The van der Waals surface area contributed by atoms with E-state index in [4.69, 9.17) is 38.9 Å². The lowest BCUT2D eigenvalue weighted by atomic mass is 9.89. The summed E-state index contributed by atoms with van der Waals surface area (Å²) < 4.78 is 73.4. The second kappa shape index (κ2) is 18.2. The molecule has 1 saturated heterocycles. The molecule has 0 aromatic heterocycles. The predicted octanol–water partition coefficient (Wildman–Crippen LogP) is 5.05. The second-order valence-corrected chi connectivity index (χ2v) is 11.0. The van der Waals surface area contributed by atoms with Gasteiger partial charge in [-0.15, -0.1) is 0 Å². The van der Waals surface area contributed by atoms with E-state index in [1.807, 2.05) is 91.0 Å². The van der Waals surface area contributed by atoms with Gasteiger partial charge in [-0.05, 0) is 23.6 Å². The van der Waals surface area contributed by atoms with Crippen molar-refractivity contribution in [2.45, 2.75) is 75.6 Å². The van der Waals surface area contributed by atoms with Crippen molar-refractivity contribution < 1.29 is 46.7 Å². The number of methoxy groups -OCH3 is 1. The van der Waals surface area contributed by atoms with Crippen molar-refractivity contribution in [1.82, 2.24) is 0 Å². The molecule has 0 aliphatic carbocycles. The Labute approximate surface area is 268 Å². The SMILES string of the molecule is CCOC(=O)C(N)CC(F)(F)[C@H]1O[C@H](COCc2ccccc2)[C@H](OCc2ccccc2)[C@H](OCc2ccccc2)[C@H]1OCOC. The molecule has 0 amide bonds. The van der Waals surface area contributed by atoms with Crippen molar-refractivity contribution in [3.8, 4) is 0 Å². The highest BCUT2D eigenvalue weighted by Gasteiger charge is 2.58. The largest absolute Gasteiger partial charge is 0.465 e. The summed E-state index contributed by atoms with van der Waals surface area (Å²) in [6, 6.07) is 26.7. The number of benzene rings is 3. The van der Waals surface area contributed by atoms with Gasteiger partial charge in [0.2, 0.25) is 0 Å². The summed E-state index contributed by atoms with van der Waals surface area (Å²) in [5.41, 5.74) is 8.47. The van der Waals surface area contributed by atoms with Crippen LogP contribution in [0.1, 0.15) is 30.0 Å². The number of nitrogens with two attached hydrogens (primary N) is 1. The number of rotatable bonds is 18. The maximum absolute atomic E-state index is 16.2. The summed E-state index contributed by atoms with van der Waals surface area (Å²) >= 11 is 0. The number of alkyl halides is 2. The lowest BCUT2D eigenvalue weighted by Crippen LogP contribution is -2.66. The summed E-state index contributed by atoms with van der Waals surface area (Å²) in [5, 5.41) is 0. The van der Waals surface area contributed by atoms with Crippen LogP contribution in [0.15, 0.2) is 91.0 Å². The molecule has 1 unspecified atom stereocenters. The Kier molecular flexibility index (Phi) is 14.0. The zero-order valence-corrected chi connectivity index (χ0v) is 26.2. The molecule has 6 atom stereocenters. The molecule has 0 radical (unpaired) electrons. The van der Waals surface area contributed by atoms with Gasteiger partial charge in [0.15, 0.2) is 6.10 Å². The third-order valence-corrected chi connectivity index (χ3v) is 7.47. The van der Waals surface area contributed by atoms with Gasteiger partial charge in [0.25, 0.3) is 5.92 Å². The Hall–Kier alpha value is -3.29. The van der Waals surface area contributed by atoms with Crippen LogP contribution in [0.2, 0.25) is 0 Å². The van der Waals surface area contributed by atoms with E-state index in [9.17, 15) is 4.79 Å². The summed E-state index contributed by atoms with van der Waals surface area (Å²) in [4.78, 5) is 12.3. The Morgan fingerprint density at radius 1 is 0.804 bits per heavy atom. The molecular weight excluding hydrogens is 600 g/mol. The zero-order valence-electron chi connectivity index (χ0n) is 26.2. The molecule has 3 aromatic carbocycles. The van der Waals surface area contributed by atoms with Crippen LogP contribution in [0.4, 0.5) is 8.78 Å². The van der Waals surface area contributed by atoms with E-state index < -0.39 is 54.9 Å². The lowest BCUT2D eigenvalue weighted by molar-refractivity contribution is -0.317. The van der Waals surface area contributed by atoms with Gasteiger partial charge in [0.05, 0.1) is 33.0 Å². The van der Waals surface area contributed by atoms with Gasteiger partial charge in [0.1, 0.15) is 37.3 Å². The summed E-state index contributed by atoms with van der Waals surface area (Å²) in [7, 11) is 1.39. The Morgan fingerprint density at radius 2 is 1.33 bits per heavy atom. The minimum Gasteiger partial charge on any atom is -0.465 e. The van der Waals surface area contributed by atoms with Crippen molar-refractivity contribution in [3.63, 3.8) is 0 Å². The van der Waals surface area contributed by atoms with Crippen LogP contribution in [-0.4, -0.2) is 75.6 Å². The first-order valence-corrected chi connectivity index (χ1v) is 15.3. The average Bonchev–Trinajstić information content (AvgIpc) is 3.07. The molecule has 9 nitrogen and oxygen atoms in total. The molecule has 46 heavy (non-hydrogen) atoms. The van der Waals surface area contributed by atoms with E-state index in [-0.39, 0.29) is 39.8 Å². The minimum absolute atomic E-state index is 0.00820. The van der Waals surface area contributed by atoms with Gasteiger partial charge >= 0.3 is 5.97 Å². The van der Waals surface area contributed by atoms with Gasteiger partial charge in [-0.3, -0.25) is 4.79 Å². The third-order valence-electron chi connectivity index (χ3n) is 7.47. The number of esters is 1. The Morgan fingerprint density at radius 3 is 1.85 bits per heavy atom. The molecule has 1 heterocycles. The average molecular weight is 644 g/mol. The van der Waals surface area contributed by atoms with Crippen molar-refractivity contribution in [2.75, 3.05) is 27.1 Å². The van der Waals surface area contributed by atoms with Crippen LogP contribution in [0.3, 0.4) is 0 Å². The highest BCUT2D eigenvalue weighted by molar-refractivity contribution is 5.75. The zero-order chi connectivity index (χ0) is 32.8. The third kappa shape index (κ3) is 10.4. The van der Waals surface area contributed by atoms with E-state index in [1.54, 1.807) is 6.92 Å². The first-order valence-electron chi connectivity index (χ1n) is 15.3. The molecule has 11 heteroatoms. The number of carbonyl (C=O) groups is 1. The van der Waals surface area contributed by atoms with Crippen LogP contribution in [0.5, 0.6) is 0 Å². The van der Waals surface area contributed by atoms with Crippen molar-refractivity contribution in [2.24, 2.45) is 5.73 Å². The molecule has 0 bridgehead atoms. The maximum Gasteiger partial charge on any atom is 0.323 e. The molecule has 3 aromatic rings. The monoisotopic (exact) mass is 643 g/mol. The molecule has 4 rings (SSSR count). The van der Waals surface area contributed by atoms with Gasteiger partial charge in [-0.1, -0.05) is 91.0 Å². The first kappa shape index (κ1) is 35.6. The standard InChI is InChI=1S/C35H43F2NO8/c1-3-42-34(39)28(38)19-35(36,37)33-32(45-24-40-2)31(44-22-27-17-11-6-12-18-27)30(43-21-26-15-9-5-10-16-26)29(46-33)23-41-20-25-13-7-4-8-14-25/h4-18,28-33H,3,19-24,38H2,1-2H3/t28?,29-,30+,31+,32-,33+/m1/s1. The number of hydrogen-bond donors (Lipinski definition) is 1. The van der Waals surface area contributed by atoms with Crippen LogP contribution in [0.25, 0.3) is 0 Å². The van der Waals surface area contributed by atoms with Crippen LogP contribution < -0.4 is 5.73 Å². The highest BCUT2D eigenvalue weighted by atomic mass is 19.3. The molecule has 2 N–H and O–H groups in total. The van der Waals surface area contributed by atoms with E-state index in [1.165, 1.54) is 7.11 Å².